The number of ketones is 1. The summed E-state index contributed by atoms with van der Waals surface area (Å²) in [5.74, 6) is 1.10. The maximum absolute atomic E-state index is 13.1. The van der Waals surface area contributed by atoms with Crippen molar-refractivity contribution in [2.24, 2.45) is 0 Å². The molecule has 0 unspecified atom stereocenters. The van der Waals surface area contributed by atoms with E-state index in [0.29, 0.717) is 23.7 Å². The Hall–Kier alpha value is -2.89. The van der Waals surface area contributed by atoms with Crippen LogP contribution >= 0.6 is 15.9 Å². The Morgan fingerprint density at radius 2 is 1.76 bits per heavy atom. The van der Waals surface area contributed by atoms with E-state index in [9.17, 15) is 4.79 Å². The molecule has 0 amide bonds. The summed E-state index contributed by atoms with van der Waals surface area (Å²) in [5, 5.41) is 0.999. The fourth-order valence-corrected chi connectivity index (χ4v) is 3.74. The molecule has 4 aromatic rings. The minimum absolute atomic E-state index is 0.111. The molecule has 29 heavy (non-hydrogen) atoms. The molecule has 5 heteroatoms. The molecule has 0 spiro atoms. The number of ether oxygens (including phenoxy) is 2. The Bertz CT molecular complexity index is 1150. The van der Waals surface area contributed by atoms with Gasteiger partial charge in [-0.1, -0.05) is 64.5 Å². The van der Waals surface area contributed by atoms with E-state index in [1.54, 1.807) is 12.1 Å². The Labute approximate surface area is 176 Å². The first-order chi connectivity index (χ1) is 14.2. The molecule has 0 N–H and O–H groups in total. The van der Waals surface area contributed by atoms with Crippen molar-refractivity contribution < 1.29 is 18.7 Å². The molecule has 1 aromatic heterocycles. The van der Waals surface area contributed by atoms with Gasteiger partial charge in [0.15, 0.2) is 11.9 Å². The highest BCUT2D eigenvalue weighted by atomic mass is 79.9. The van der Waals surface area contributed by atoms with E-state index >= 15 is 0 Å². The van der Waals surface area contributed by atoms with Crippen LogP contribution < -0.4 is 4.74 Å². The van der Waals surface area contributed by atoms with Gasteiger partial charge in [0.05, 0.1) is 5.56 Å². The fraction of sp³-hybridized carbons (Fsp3) is 0.125. The van der Waals surface area contributed by atoms with E-state index in [2.05, 4.69) is 15.9 Å². The SMILES string of the molecule is O=C(c1cc(Br)ccc1OCc1ccccc1)[C@@H]1O[C@H]1c1cc2ccccc2o1. The lowest BCUT2D eigenvalue weighted by atomic mass is 10.0. The molecule has 5 rings (SSSR count). The molecule has 3 aromatic carbocycles. The Morgan fingerprint density at radius 3 is 2.59 bits per heavy atom. The van der Waals surface area contributed by atoms with Crippen molar-refractivity contribution in [2.45, 2.75) is 18.8 Å². The first-order valence-corrected chi connectivity index (χ1v) is 10.1. The van der Waals surface area contributed by atoms with Crippen LogP contribution in [0.25, 0.3) is 11.0 Å². The fourth-order valence-electron chi connectivity index (χ4n) is 3.38. The number of Topliss-reactive ketones (excluding diaryl/α,β-unsaturated/α-hetero) is 1. The summed E-state index contributed by atoms with van der Waals surface area (Å²) in [6.45, 7) is 0.390. The number of hydrogen-bond donors (Lipinski definition) is 0. The van der Waals surface area contributed by atoms with E-state index in [0.717, 1.165) is 21.0 Å². The van der Waals surface area contributed by atoms with Gasteiger partial charge in [-0.15, -0.1) is 0 Å². The van der Waals surface area contributed by atoms with Gasteiger partial charge in [-0.3, -0.25) is 4.79 Å². The zero-order valence-electron chi connectivity index (χ0n) is 15.4. The molecule has 1 aliphatic heterocycles. The number of carbonyl (C=O) groups is 1. The highest BCUT2D eigenvalue weighted by molar-refractivity contribution is 9.10. The van der Waals surface area contributed by atoms with Gasteiger partial charge in [-0.25, -0.2) is 0 Å². The lowest BCUT2D eigenvalue weighted by Crippen LogP contribution is -2.11. The summed E-state index contributed by atoms with van der Waals surface area (Å²) >= 11 is 3.45. The minimum atomic E-state index is -0.566. The summed E-state index contributed by atoms with van der Waals surface area (Å²) < 4.78 is 18.3. The standard InChI is InChI=1S/C24H17BrO4/c25-17-10-11-20(27-14-15-6-2-1-3-7-15)18(13-17)22(26)24-23(29-24)21-12-16-8-4-5-9-19(16)28-21/h1-13,23-24H,14H2/t23-,24-/m0/s1. The summed E-state index contributed by atoms with van der Waals surface area (Å²) in [6, 6.07) is 25.0. The quantitative estimate of drug-likeness (QED) is 0.264. The van der Waals surface area contributed by atoms with Crippen LogP contribution in [0.1, 0.15) is 27.8 Å². The highest BCUT2D eigenvalue weighted by Gasteiger charge is 2.49. The maximum atomic E-state index is 13.1. The first-order valence-electron chi connectivity index (χ1n) is 9.33. The summed E-state index contributed by atoms with van der Waals surface area (Å²) in [7, 11) is 0. The van der Waals surface area contributed by atoms with E-state index in [4.69, 9.17) is 13.9 Å². The second kappa shape index (κ2) is 7.50. The number of hydrogen-bond acceptors (Lipinski definition) is 4. The van der Waals surface area contributed by atoms with Gasteiger partial charge in [0.2, 0.25) is 0 Å². The summed E-state index contributed by atoms with van der Waals surface area (Å²) in [4.78, 5) is 13.1. The number of rotatable bonds is 6. The number of fused-ring (bicyclic) bond motifs is 1. The summed E-state index contributed by atoms with van der Waals surface area (Å²) in [5.41, 5.74) is 2.33. The van der Waals surface area contributed by atoms with Crippen LogP contribution in [0.5, 0.6) is 5.75 Å². The van der Waals surface area contributed by atoms with E-state index in [1.165, 1.54) is 0 Å². The predicted molar refractivity (Wildman–Crippen MR) is 113 cm³/mol. The molecule has 2 atom stereocenters. The van der Waals surface area contributed by atoms with Gasteiger partial charge in [0.25, 0.3) is 0 Å². The van der Waals surface area contributed by atoms with Crippen molar-refractivity contribution in [3.8, 4) is 5.75 Å². The number of halogens is 1. The third kappa shape index (κ3) is 3.71. The van der Waals surface area contributed by atoms with Crippen molar-refractivity contribution in [1.82, 2.24) is 0 Å². The zero-order chi connectivity index (χ0) is 19.8. The molecule has 2 heterocycles. The van der Waals surface area contributed by atoms with Gasteiger partial charge >= 0.3 is 0 Å². The van der Waals surface area contributed by atoms with Crippen LogP contribution in [0, 0.1) is 0 Å². The Kier molecular flexibility index (Phi) is 4.70. The van der Waals surface area contributed by atoms with Crippen LogP contribution in [0.4, 0.5) is 0 Å². The molecule has 1 fully saturated rings. The monoisotopic (exact) mass is 448 g/mol. The van der Waals surface area contributed by atoms with Gasteiger partial charge in [-0.05, 0) is 35.9 Å². The third-order valence-corrected chi connectivity index (χ3v) is 5.41. The Morgan fingerprint density at radius 1 is 0.966 bits per heavy atom. The molecular formula is C24H17BrO4. The van der Waals surface area contributed by atoms with Crippen LogP contribution in [0.2, 0.25) is 0 Å². The molecule has 1 saturated heterocycles. The third-order valence-electron chi connectivity index (χ3n) is 4.92. The van der Waals surface area contributed by atoms with Gasteiger partial charge in [0.1, 0.15) is 29.8 Å². The molecular weight excluding hydrogens is 432 g/mol. The average Bonchev–Trinajstić information content (AvgIpc) is 3.44. The topological polar surface area (TPSA) is 52.0 Å². The largest absolute Gasteiger partial charge is 0.488 e. The number of carbonyl (C=O) groups excluding carboxylic acids is 1. The molecule has 4 nitrogen and oxygen atoms in total. The first kappa shape index (κ1) is 18.2. The van der Waals surface area contributed by atoms with Crippen LogP contribution in [-0.2, 0) is 11.3 Å². The number of para-hydroxylation sites is 1. The van der Waals surface area contributed by atoms with Crippen LogP contribution in [0.3, 0.4) is 0 Å². The highest BCUT2D eigenvalue weighted by Crippen LogP contribution is 2.43. The summed E-state index contributed by atoms with van der Waals surface area (Å²) in [6.07, 6.45) is -0.931. The van der Waals surface area contributed by atoms with E-state index in [-0.39, 0.29) is 11.9 Å². The van der Waals surface area contributed by atoms with E-state index in [1.807, 2.05) is 66.7 Å². The van der Waals surface area contributed by atoms with Crippen molar-refractivity contribution in [3.05, 3.63) is 100 Å². The van der Waals surface area contributed by atoms with Gasteiger partial charge in [0, 0.05) is 9.86 Å². The van der Waals surface area contributed by atoms with E-state index < -0.39 is 6.10 Å². The van der Waals surface area contributed by atoms with Crippen molar-refractivity contribution in [1.29, 1.82) is 0 Å². The van der Waals surface area contributed by atoms with Crippen LogP contribution in [0.15, 0.2) is 87.8 Å². The molecule has 144 valence electrons. The second-order valence-electron chi connectivity index (χ2n) is 6.94. The maximum Gasteiger partial charge on any atom is 0.198 e. The van der Waals surface area contributed by atoms with Crippen molar-refractivity contribution >= 4 is 32.7 Å². The lowest BCUT2D eigenvalue weighted by molar-refractivity contribution is 0.0949. The average molecular weight is 449 g/mol. The van der Waals surface area contributed by atoms with Crippen molar-refractivity contribution in [3.63, 3.8) is 0 Å². The van der Waals surface area contributed by atoms with Gasteiger partial charge < -0.3 is 13.9 Å². The van der Waals surface area contributed by atoms with Gasteiger partial charge in [-0.2, -0.15) is 0 Å². The minimum Gasteiger partial charge on any atom is -0.488 e. The number of epoxide rings is 1. The Balaban J connectivity index is 1.36. The normalized spacial score (nSPS) is 18.0. The molecule has 1 aliphatic rings. The molecule has 0 saturated carbocycles. The smallest absolute Gasteiger partial charge is 0.198 e. The van der Waals surface area contributed by atoms with Crippen molar-refractivity contribution in [2.75, 3.05) is 0 Å². The van der Waals surface area contributed by atoms with Crippen LogP contribution in [-0.4, -0.2) is 11.9 Å². The molecule has 0 aliphatic carbocycles. The zero-order valence-corrected chi connectivity index (χ0v) is 17.0. The predicted octanol–water partition coefficient (Wildman–Crippen LogP) is 6.10. The molecule has 0 radical (unpaired) electrons. The molecule has 0 bridgehead atoms. The number of furan rings is 1. The number of benzene rings is 3. The lowest BCUT2D eigenvalue weighted by Gasteiger charge is -2.11. The second-order valence-corrected chi connectivity index (χ2v) is 7.86.